The van der Waals surface area contributed by atoms with Crippen molar-refractivity contribution >= 4 is 0 Å². The summed E-state index contributed by atoms with van der Waals surface area (Å²) in [5.74, 6) is 0.915. The molecule has 2 N–H and O–H groups in total. The van der Waals surface area contributed by atoms with E-state index in [9.17, 15) is 0 Å². The van der Waals surface area contributed by atoms with E-state index in [4.69, 9.17) is 5.73 Å². The van der Waals surface area contributed by atoms with Crippen LogP contribution in [-0.2, 0) is 0 Å². The van der Waals surface area contributed by atoms with Crippen molar-refractivity contribution in [2.45, 2.75) is 52.1 Å². The van der Waals surface area contributed by atoms with Crippen LogP contribution in [0.15, 0.2) is 24.3 Å². The van der Waals surface area contributed by atoms with Gasteiger partial charge >= 0.3 is 0 Å². The van der Waals surface area contributed by atoms with Crippen molar-refractivity contribution in [3.8, 4) is 0 Å². The predicted octanol–water partition coefficient (Wildman–Crippen LogP) is 3.51. The second-order valence-corrected chi connectivity index (χ2v) is 6.15. The highest BCUT2D eigenvalue weighted by atomic mass is 15.2. The molecule has 0 spiro atoms. The SMILES string of the molecule is CCCN(CC1CC1)C(c1ccc(C)cc1)C(C)N. The molecule has 0 saturated heterocycles. The highest BCUT2D eigenvalue weighted by Gasteiger charge is 2.30. The molecule has 0 bridgehead atoms. The van der Waals surface area contributed by atoms with E-state index in [2.05, 4.69) is 49.9 Å². The molecule has 1 fully saturated rings. The summed E-state index contributed by atoms with van der Waals surface area (Å²) < 4.78 is 0. The molecule has 0 heterocycles. The summed E-state index contributed by atoms with van der Waals surface area (Å²) in [7, 11) is 0. The number of benzene rings is 1. The summed E-state index contributed by atoms with van der Waals surface area (Å²) in [6.07, 6.45) is 4.00. The smallest absolute Gasteiger partial charge is 0.0496 e. The molecule has 2 heteroatoms. The third-order valence-electron chi connectivity index (χ3n) is 4.01. The molecule has 1 aromatic rings. The minimum absolute atomic E-state index is 0.174. The van der Waals surface area contributed by atoms with Gasteiger partial charge < -0.3 is 5.73 Å². The Hall–Kier alpha value is -0.860. The first-order chi connectivity index (χ1) is 9.11. The molecule has 1 saturated carbocycles. The van der Waals surface area contributed by atoms with Crippen LogP contribution in [0.2, 0.25) is 0 Å². The number of nitrogens with two attached hydrogens (primary N) is 1. The Morgan fingerprint density at radius 2 is 1.89 bits per heavy atom. The number of aryl methyl sites for hydroxylation is 1. The normalized spacial score (nSPS) is 18.6. The third kappa shape index (κ3) is 4.05. The van der Waals surface area contributed by atoms with E-state index in [0.29, 0.717) is 6.04 Å². The van der Waals surface area contributed by atoms with Gasteiger partial charge in [-0.05, 0) is 51.1 Å². The van der Waals surface area contributed by atoms with E-state index in [1.54, 1.807) is 0 Å². The van der Waals surface area contributed by atoms with E-state index >= 15 is 0 Å². The summed E-state index contributed by atoms with van der Waals surface area (Å²) in [6.45, 7) is 8.90. The van der Waals surface area contributed by atoms with Gasteiger partial charge in [0.2, 0.25) is 0 Å². The van der Waals surface area contributed by atoms with E-state index in [-0.39, 0.29) is 6.04 Å². The largest absolute Gasteiger partial charge is 0.326 e. The van der Waals surface area contributed by atoms with E-state index in [1.165, 1.54) is 36.9 Å². The second-order valence-electron chi connectivity index (χ2n) is 6.15. The standard InChI is InChI=1S/C17H28N2/c1-4-11-19(12-15-7-8-15)17(14(3)18)16-9-5-13(2)6-10-16/h5-6,9-10,14-15,17H,4,7-8,11-12,18H2,1-3H3. The molecule has 0 aromatic heterocycles. The minimum Gasteiger partial charge on any atom is -0.326 e. The lowest BCUT2D eigenvalue weighted by atomic mass is 9.97. The molecule has 0 amide bonds. The zero-order valence-corrected chi connectivity index (χ0v) is 12.6. The molecule has 19 heavy (non-hydrogen) atoms. The maximum absolute atomic E-state index is 6.29. The topological polar surface area (TPSA) is 29.3 Å². The molecule has 1 aliphatic rings. The van der Waals surface area contributed by atoms with Crippen LogP contribution in [0.25, 0.3) is 0 Å². The van der Waals surface area contributed by atoms with E-state index < -0.39 is 0 Å². The molecule has 0 radical (unpaired) electrons. The Bertz CT molecular complexity index is 379. The lowest BCUT2D eigenvalue weighted by molar-refractivity contribution is 0.169. The Balaban J connectivity index is 2.17. The van der Waals surface area contributed by atoms with Gasteiger partial charge in [-0.3, -0.25) is 4.90 Å². The highest BCUT2D eigenvalue weighted by Crippen LogP contribution is 2.33. The lowest BCUT2D eigenvalue weighted by Crippen LogP contribution is -2.41. The van der Waals surface area contributed by atoms with Gasteiger partial charge in [-0.1, -0.05) is 36.8 Å². The fourth-order valence-corrected chi connectivity index (χ4v) is 2.87. The van der Waals surface area contributed by atoms with Gasteiger partial charge in [0.25, 0.3) is 0 Å². The maximum atomic E-state index is 6.29. The van der Waals surface area contributed by atoms with Gasteiger partial charge in [-0.25, -0.2) is 0 Å². The molecule has 1 aliphatic carbocycles. The van der Waals surface area contributed by atoms with Gasteiger partial charge in [-0.15, -0.1) is 0 Å². The van der Waals surface area contributed by atoms with E-state index in [1.807, 2.05) is 0 Å². The summed E-state index contributed by atoms with van der Waals surface area (Å²) in [5.41, 5.74) is 8.98. The summed E-state index contributed by atoms with van der Waals surface area (Å²) in [6, 6.07) is 9.43. The number of rotatable bonds is 7. The van der Waals surface area contributed by atoms with Crippen molar-refractivity contribution in [2.75, 3.05) is 13.1 Å². The monoisotopic (exact) mass is 260 g/mol. The molecule has 0 aliphatic heterocycles. The summed E-state index contributed by atoms with van der Waals surface area (Å²) in [5, 5.41) is 0. The molecule has 2 atom stereocenters. The van der Waals surface area contributed by atoms with Crippen molar-refractivity contribution in [2.24, 2.45) is 11.7 Å². The van der Waals surface area contributed by atoms with E-state index in [0.717, 1.165) is 12.5 Å². The van der Waals surface area contributed by atoms with Crippen LogP contribution in [0.4, 0.5) is 0 Å². The highest BCUT2D eigenvalue weighted by molar-refractivity contribution is 5.25. The molecule has 2 unspecified atom stereocenters. The second kappa shape index (κ2) is 6.53. The molecule has 1 aromatic carbocycles. The zero-order chi connectivity index (χ0) is 13.8. The molecular weight excluding hydrogens is 232 g/mol. The van der Waals surface area contributed by atoms with Crippen molar-refractivity contribution in [1.82, 2.24) is 4.90 Å². The van der Waals surface area contributed by atoms with Gasteiger partial charge in [0, 0.05) is 18.6 Å². The molecule has 2 nitrogen and oxygen atoms in total. The zero-order valence-electron chi connectivity index (χ0n) is 12.6. The number of hydrogen-bond donors (Lipinski definition) is 1. The fourth-order valence-electron chi connectivity index (χ4n) is 2.87. The van der Waals surface area contributed by atoms with Crippen LogP contribution in [0.5, 0.6) is 0 Å². The van der Waals surface area contributed by atoms with Crippen molar-refractivity contribution in [3.05, 3.63) is 35.4 Å². The van der Waals surface area contributed by atoms with Crippen LogP contribution in [0, 0.1) is 12.8 Å². The predicted molar refractivity (Wildman–Crippen MR) is 82.2 cm³/mol. The third-order valence-corrected chi connectivity index (χ3v) is 4.01. The van der Waals surface area contributed by atoms with Gasteiger partial charge in [0.05, 0.1) is 0 Å². The molecular formula is C17H28N2. The summed E-state index contributed by atoms with van der Waals surface area (Å²) >= 11 is 0. The van der Waals surface area contributed by atoms with Crippen LogP contribution in [0.1, 0.15) is 50.3 Å². The van der Waals surface area contributed by atoms with Gasteiger partial charge in [0.15, 0.2) is 0 Å². The van der Waals surface area contributed by atoms with Gasteiger partial charge in [-0.2, -0.15) is 0 Å². The lowest BCUT2D eigenvalue weighted by Gasteiger charge is -2.34. The van der Waals surface area contributed by atoms with Crippen LogP contribution >= 0.6 is 0 Å². The molecule has 106 valence electrons. The number of nitrogens with zero attached hydrogens (tertiary/aromatic N) is 1. The first-order valence-electron chi connectivity index (χ1n) is 7.68. The quantitative estimate of drug-likeness (QED) is 0.813. The van der Waals surface area contributed by atoms with Crippen molar-refractivity contribution in [1.29, 1.82) is 0 Å². The first kappa shape index (κ1) is 14.5. The Kier molecular flexibility index (Phi) is 5.00. The summed E-state index contributed by atoms with van der Waals surface area (Å²) in [4.78, 5) is 2.60. The Labute approximate surface area is 118 Å². The first-order valence-corrected chi connectivity index (χ1v) is 7.68. The van der Waals surface area contributed by atoms with Crippen LogP contribution in [-0.4, -0.2) is 24.0 Å². The van der Waals surface area contributed by atoms with Crippen LogP contribution in [0.3, 0.4) is 0 Å². The Morgan fingerprint density at radius 1 is 1.26 bits per heavy atom. The average molecular weight is 260 g/mol. The average Bonchev–Trinajstić information content (AvgIpc) is 3.16. The van der Waals surface area contributed by atoms with Crippen LogP contribution < -0.4 is 5.73 Å². The Morgan fingerprint density at radius 3 is 2.37 bits per heavy atom. The number of hydrogen-bond acceptors (Lipinski definition) is 2. The minimum atomic E-state index is 0.174. The molecule has 2 rings (SSSR count). The van der Waals surface area contributed by atoms with Crippen molar-refractivity contribution in [3.63, 3.8) is 0 Å². The van der Waals surface area contributed by atoms with Crippen molar-refractivity contribution < 1.29 is 0 Å². The fraction of sp³-hybridized carbons (Fsp3) is 0.647. The maximum Gasteiger partial charge on any atom is 0.0496 e. The van der Waals surface area contributed by atoms with Gasteiger partial charge in [0.1, 0.15) is 0 Å².